The van der Waals surface area contributed by atoms with E-state index < -0.39 is 0 Å². The van der Waals surface area contributed by atoms with Crippen molar-refractivity contribution >= 4 is 5.82 Å². The molecule has 1 saturated carbocycles. The van der Waals surface area contributed by atoms with Crippen molar-refractivity contribution in [3.05, 3.63) is 17.8 Å². The van der Waals surface area contributed by atoms with E-state index in [-0.39, 0.29) is 6.61 Å². The second-order valence-electron chi connectivity index (χ2n) is 5.58. The van der Waals surface area contributed by atoms with Crippen LogP contribution in [0.2, 0.25) is 0 Å². The van der Waals surface area contributed by atoms with Gasteiger partial charge in [0.1, 0.15) is 0 Å². The van der Waals surface area contributed by atoms with Crippen LogP contribution in [0.15, 0.2) is 12.1 Å². The lowest BCUT2D eigenvalue weighted by Gasteiger charge is -2.17. The molecule has 0 bridgehead atoms. The van der Waals surface area contributed by atoms with Crippen LogP contribution in [-0.2, 0) is 0 Å². The van der Waals surface area contributed by atoms with Crippen LogP contribution in [0.4, 0.5) is 5.82 Å². The molecule has 0 amide bonds. The molecule has 2 fully saturated rings. The summed E-state index contributed by atoms with van der Waals surface area (Å²) in [4.78, 5) is 2.23. The quantitative estimate of drug-likeness (QED) is 0.887. The maximum Gasteiger partial charge on any atom is 0.151 e. The number of anilines is 1. The summed E-state index contributed by atoms with van der Waals surface area (Å²) in [7, 11) is 0. The number of hydrogen-bond acceptors (Lipinski definition) is 4. The fourth-order valence-corrected chi connectivity index (χ4v) is 3.13. The molecule has 0 radical (unpaired) electrons. The lowest BCUT2D eigenvalue weighted by Crippen LogP contribution is -2.22. The molecule has 1 atom stereocenters. The zero-order valence-corrected chi connectivity index (χ0v) is 10.8. The van der Waals surface area contributed by atoms with Crippen LogP contribution in [0.1, 0.15) is 43.7 Å². The van der Waals surface area contributed by atoms with Gasteiger partial charge >= 0.3 is 0 Å². The minimum atomic E-state index is 0.282. The van der Waals surface area contributed by atoms with Crippen LogP contribution < -0.4 is 4.90 Å². The van der Waals surface area contributed by atoms with Crippen LogP contribution in [0.5, 0.6) is 0 Å². The molecule has 1 aliphatic carbocycles. The van der Waals surface area contributed by atoms with Crippen molar-refractivity contribution in [2.45, 2.75) is 38.0 Å². The summed E-state index contributed by atoms with van der Waals surface area (Å²) in [5.41, 5.74) is 1.16. The Morgan fingerprint density at radius 1 is 1.17 bits per heavy atom. The van der Waals surface area contributed by atoms with Crippen molar-refractivity contribution < 1.29 is 5.11 Å². The molecule has 1 aliphatic heterocycles. The Morgan fingerprint density at radius 3 is 2.61 bits per heavy atom. The minimum absolute atomic E-state index is 0.282. The minimum Gasteiger partial charge on any atom is -0.396 e. The Hall–Kier alpha value is -1.16. The van der Waals surface area contributed by atoms with Gasteiger partial charge in [-0.05, 0) is 31.4 Å². The molecule has 0 spiro atoms. The second-order valence-corrected chi connectivity index (χ2v) is 5.58. The molecule has 1 aromatic heterocycles. The topological polar surface area (TPSA) is 49.2 Å². The Kier molecular flexibility index (Phi) is 3.46. The first-order chi connectivity index (χ1) is 8.86. The summed E-state index contributed by atoms with van der Waals surface area (Å²) in [6, 6.07) is 4.24. The summed E-state index contributed by atoms with van der Waals surface area (Å²) >= 11 is 0. The predicted octanol–water partition coefficient (Wildman–Crippen LogP) is 1.95. The molecule has 18 heavy (non-hydrogen) atoms. The van der Waals surface area contributed by atoms with E-state index in [1.165, 1.54) is 25.7 Å². The molecule has 3 rings (SSSR count). The highest BCUT2D eigenvalue weighted by atomic mass is 16.3. The Balaban J connectivity index is 1.67. The first-order valence-electron chi connectivity index (χ1n) is 7.06. The average Bonchev–Trinajstić information content (AvgIpc) is 3.10. The van der Waals surface area contributed by atoms with E-state index in [4.69, 9.17) is 5.11 Å². The first kappa shape index (κ1) is 11.9. The number of aromatic nitrogens is 2. The van der Waals surface area contributed by atoms with Crippen molar-refractivity contribution in [2.75, 3.05) is 24.6 Å². The summed E-state index contributed by atoms with van der Waals surface area (Å²) in [6.45, 7) is 2.18. The molecular formula is C14H21N3O. The molecule has 4 nitrogen and oxygen atoms in total. The van der Waals surface area contributed by atoms with Gasteiger partial charge in [0.2, 0.25) is 0 Å². The molecule has 0 aromatic carbocycles. The van der Waals surface area contributed by atoms with Crippen LogP contribution in [0.25, 0.3) is 0 Å². The van der Waals surface area contributed by atoms with E-state index in [0.29, 0.717) is 11.8 Å². The molecule has 1 N–H and O–H groups in total. The zero-order chi connectivity index (χ0) is 12.4. The van der Waals surface area contributed by atoms with Crippen molar-refractivity contribution in [1.29, 1.82) is 0 Å². The number of aliphatic hydroxyl groups excluding tert-OH is 1. The first-order valence-corrected chi connectivity index (χ1v) is 7.06. The van der Waals surface area contributed by atoms with Gasteiger partial charge in [-0.3, -0.25) is 0 Å². The molecule has 1 aromatic rings. The maximum atomic E-state index is 9.16. The van der Waals surface area contributed by atoms with E-state index in [2.05, 4.69) is 27.2 Å². The highest BCUT2D eigenvalue weighted by Gasteiger charge is 2.24. The van der Waals surface area contributed by atoms with Gasteiger partial charge in [-0.1, -0.05) is 12.8 Å². The smallest absolute Gasteiger partial charge is 0.151 e. The third kappa shape index (κ3) is 2.34. The van der Waals surface area contributed by atoms with Crippen LogP contribution in [0, 0.1) is 5.92 Å². The number of nitrogens with zero attached hydrogens (tertiary/aromatic N) is 3. The monoisotopic (exact) mass is 247 g/mol. The zero-order valence-electron chi connectivity index (χ0n) is 10.8. The van der Waals surface area contributed by atoms with Gasteiger partial charge in [0.15, 0.2) is 5.82 Å². The van der Waals surface area contributed by atoms with Crippen molar-refractivity contribution in [1.82, 2.24) is 10.2 Å². The van der Waals surface area contributed by atoms with E-state index >= 15 is 0 Å². The standard InChI is InChI=1S/C14H21N3O/c18-10-11-7-8-17(9-11)14-6-5-13(15-16-14)12-3-1-2-4-12/h5-6,11-12,18H,1-4,7-10H2. The fourth-order valence-electron chi connectivity index (χ4n) is 3.13. The normalized spacial score (nSPS) is 24.9. The summed E-state index contributed by atoms with van der Waals surface area (Å²) in [5.74, 6) is 2.00. The van der Waals surface area contributed by atoms with Gasteiger partial charge in [-0.2, -0.15) is 5.10 Å². The second kappa shape index (κ2) is 5.22. The Bertz CT molecular complexity index is 387. The average molecular weight is 247 g/mol. The Morgan fingerprint density at radius 2 is 2.00 bits per heavy atom. The highest BCUT2D eigenvalue weighted by Crippen LogP contribution is 2.33. The lowest BCUT2D eigenvalue weighted by molar-refractivity contribution is 0.238. The third-order valence-electron chi connectivity index (χ3n) is 4.31. The van der Waals surface area contributed by atoms with E-state index in [1.54, 1.807) is 0 Å². The summed E-state index contributed by atoms with van der Waals surface area (Å²) in [6.07, 6.45) is 6.26. The third-order valence-corrected chi connectivity index (χ3v) is 4.31. The highest BCUT2D eigenvalue weighted by molar-refractivity contribution is 5.39. The molecule has 2 heterocycles. The van der Waals surface area contributed by atoms with Crippen LogP contribution >= 0.6 is 0 Å². The van der Waals surface area contributed by atoms with Gasteiger partial charge in [-0.15, -0.1) is 5.10 Å². The van der Waals surface area contributed by atoms with Gasteiger partial charge in [0.05, 0.1) is 5.69 Å². The van der Waals surface area contributed by atoms with E-state index in [9.17, 15) is 0 Å². The molecule has 98 valence electrons. The van der Waals surface area contributed by atoms with Crippen LogP contribution in [0.3, 0.4) is 0 Å². The van der Waals surface area contributed by atoms with Gasteiger partial charge in [-0.25, -0.2) is 0 Å². The SMILES string of the molecule is OCC1CCN(c2ccc(C3CCCC3)nn2)C1. The molecular weight excluding hydrogens is 226 g/mol. The summed E-state index contributed by atoms with van der Waals surface area (Å²) in [5, 5.41) is 17.9. The number of hydrogen-bond donors (Lipinski definition) is 1. The van der Waals surface area contributed by atoms with E-state index in [1.807, 2.05) is 0 Å². The molecule has 1 saturated heterocycles. The number of aliphatic hydroxyl groups is 1. The molecule has 1 unspecified atom stereocenters. The van der Waals surface area contributed by atoms with Gasteiger partial charge < -0.3 is 10.0 Å². The van der Waals surface area contributed by atoms with Crippen molar-refractivity contribution in [2.24, 2.45) is 5.92 Å². The van der Waals surface area contributed by atoms with Crippen molar-refractivity contribution in [3.8, 4) is 0 Å². The predicted molar refractivity (Wildman–Crippen MR) is 70.6 cm³/mol. The lowest BCUT2D eigenvalue weighted by atomic mass is 10.0. The van der Waals surface area contributed by atoms with Gasteiger partial charge in [0, 0.05) is 31.5 Å². The Labute approximate surface area is 108 Å². The van der Waals surface area contributed by atoms with Crippen molar-refractivity contribution in [3.63, 3.8) is 0 Å². The molecule has 2 aliphatic rings. The van der Waals surface area contributed by atoms with Gasteiger partial charge in [0.25, 0.3) is 0 Å². The summed E-state index contributed by atoms with van der Waals surface area (Å²) < 4.78 is 0. The fraction of sp³-hybridized carbons (Fsp3) is 0.714. The van der Waals surface area contributed by atoms with E-state index in [0.717, 1.165) is 31.0 Å². The largest absolute Gasteiger partial charge is 0.396 e. The maximum absolute atomic E-state index is 9.16. The molecule has 4 heteroatoms. The number of rotatable bonds is 3. The van der Waals surface area contributed by atoms with Crippen LogP contribution in [-0.4, -0.2) is 35.0 Å².